The van der Waals surface area contributed by atoms with Crippen LogP contribution in [0, 0.1) is 5.82 Å². The van der Waals surface area contributed by atoms with Gasteiger partial charge in [0, 0.05) is 12.1 Å². The zero-order chi connectivity index (χ0) is 23.5. The maximum atomic E-state index is 13.1. The topological polar surface area (TPSA) is 91.2 Å². The van der Waals surface area contributed by atoms with Crippen molar-refractivity contribution in [3.05, 3.63) is 94.8 Å². The van der Waals surface area contributed by atoms with Gasteiger partial charge in [0.15, 0.2) is 0 Å². The second-order valence-corrected chi connectivity index (χ2v) is 7.65. The van der Waals surface area contributed by atoms with Gasteiger partial charge in [-0.3, -0.25) is 0 Å². The number of halogens is 1. The Kier molecular flexibility index (Phi) is 9.65. The fourth-order valence-electron chi connectivity index (χ4n) is 3.45. The first-order valence-corrected chi connectivity index (χ1v) is 10.9. The van der Waals surface area contributed by atoms with Crippen molar-refractivity contribution in [2.75, 3.05) is 26.3 Å². The van der Waals surface area contributed by atoms with E-state index in [2.05, 4.69) is 5.32 Å². The molecule has 7 heteroatoms. The summed E-state index contributed by atoms with van der Waals surface area (Å²) < 4.78 is 24.3. The molecule has 3 aromatic carbocycles. The van der Waals surface area contributed by atoms with Gasteiger partial charge in [0.05, 0.1) is 25.9 Å². The highest BCUT2D eigenvalue weighted by atomic mass is 19.1. The van der Waals surface area contributed by atoms with Gasteiger partial charge in [0.25, 0.3) is 0 Å². The standard InChI is InChI=1S/C26H30FNO5/c27-21-4-1-3-20(15-21)18-32-13-14-33-22-9-7-19(8-10-22)11-12-28-16-26(31)23-5-2-6-25(30)24(23)17-29/h1-10,15,26,28-31H,11-14,16-18H2/t26-/m0/s1. The summed E-state index contributed by atoms with van der Waals surface area (Å²) in [5.74, 6) is 0.456. The monoisotopic (exact) mass is 455 g/mol. The smallest absolute Gasteiger partial charge is 0.123 e. The lowest BCUT2D eigenvalue weighted by Crippen LogP contribution is -2.24. The van der Waals surface area contributed by atoms with Crippen LogP contribution in [0.2, 0.25) is 0 Å². The number of phenols is 1. The lowest BCUT2D eigenvalue weighted by molar-refractivity contribution is 0.0888. The maximum Gasteiger partial charge on any atom is 0.123 e. The van der Waals surface area contributed by atoms with Crippen molar-refractivity contribution >= 4 is 0 Å². The number of aromatic hydroxyl groups is 1. The van der Waals surface area contributed by atoms with E-state index in [4.69, 9.17) is 9.47 Å². The van der Waals surface area contributed by atoms with Crippen molar-refractivity contribution in [2.24, 2.45) is 0 Å². The first-order chi connectivity index (χ1) is 16.1. The summed E-state index contributed by atoms with van der Waals surface area (Å²) in [6.07, 6.45) is -0.0467. The van der Waals surface area contributed by atoms with E-state index < -0.39 is 6.10 Å². The fourth-order valence-corrected chi connectivity index (χ4v) is 3.45. The van der Waals surface area contributed by atoms with Gasteiger partial charge < -0.3 is 30.1 Å². The average molecular weight is 456 g/mol. The number of aliphatic hydroxyl groups is 2. The Morgan fingerprint density at radius 3 is 2.48 bits per heavy atom. The first-order valence-electron chi connectivity index (χ1n) is 10.9. The van der Waals surface area contributed by atoms with Crippen LogP contribution in [-0.4, -0.2) is 41.6 Å². The lowest BCUT2D eigenvalue weighted by atomic mass is 10.0. The molecule has 0 spiro atoms. The van der Waals surface area contributed by atoms with Crippen LogP contribution in [0.3, 0.4) is 0 Å². The second-order valence-electron chi connectivity index (χ2n) is 7.65. The average Bonchev–Trinajstić information content (AvgIpc) is 2.82. The molecular formula is C26H30FNO5. The largest absolute Gasteiger partial charge is 0.508 e. The van der Waals surface area contributed by atoms with Gasteiger partial charge >= 0.3 is 0 Å². The molecule has 0 aliphatic rings. The van der Waals surface area contributed by atoms with E-state index in [-0.39, 0.29) is 18.2 Å². The summed E-state index contributed by atoms with van der Waals surface area (Å²) in [5.41, 5.74) is 2.78. The molecule has 176 valence electrons. The van der Waals surface area contributed by atoms with Crippen molar-refractivity contribution < 1.29 is 29.2 Å². The summed E-state index contributed by atoms with van der Waals surface area (Å²) >= 11 is 0. The van der Waals surface area contributed by atoms with Crippen LogP contribution in [0.25, 0.3) is 0 Å². The van der Waals surface area contributed by atoms with Crippen molar-refractivity contribution in [3.8, 4) is 11.5 Å². The number of benzene rings is 3. The van der Waals surface area contributed by atoms with E-state index >= 15 is 0 Å². The molecule has 3 aromatic rings. The van der Waals surface area contributed by atoms with Gasteiger partial charge in [-0.25, -0.2) is 4.39 Å². The van der Waals surface area contributed by atoms with E-state index in [0.29, 0.717) is 44.0 Å². The quantitative estimate of drug-likeness (QED) is 0.295. The van der Waals surface area contributed by atoms with E-state index in [1.54, 1.807) is 18.2 Å². The number of hydrogen-bond acceptors (Lipinski definition) is 6. The molecule has 0 aliphatic heterocycles. The normalized spacial score (nSPS) is 12.0. The molecule has 0 aromatic heterocycles. The molecule has 0 radical (unpaired) electrons. The van der Waals surface area contributed by atoms with Crippen molar-refractivity contribution in [2.45, 2.75) is 25.7 Å². The predicted octanol–water partition coefficient (Wildman–Crippen LogP) is 3.48. The second kappa shape index (κ2) is 12.9. The van der Waals surface area contributed by atoms with Gasteiger partial charge in [-0.1, -0.05) is 36.4 Å². The molecule has 3 rings (SSSR count). The molecule has 1 atom stereocenters. The minimum Gasteiger partial charge on any atom is -0.508 e. The predicted molar refractivity (Wildman–Crippen MR) is 124 cm³/mol. The molecule has 33 heavy (non-hydrogen) atoms. The Morgan fingerprint density at radius 1 is 0.939 bits per heavy atom. The highest BCUT2D eigenvalue weighted by Gasteiger charge is 2.14. The van der Waals surface area contributed by atoms with Crippen molar-refractivity contribution in [1.29, 1.82) is 0 Å². The maximum absolute atomic E-state index is 13.1. The molecule has 0 amide bonds. The number of aliphatic hydroxyl groups excluding tert-OH is 2. The minimum atomic E-state index is -0.821. The fraction of sp³-hybridized carbons (Fsp3) is 0.308. The highest BCUT2D eigenvalue weighted by Crippen LogP contribution is 2.25. The van der Waals surface area contributed by atoms with Gasteiger partial charge in [-0.15, -0.1) is 0 Å². The minimum absolute atomic E-state index is 0.0190. The Bertz CT molecular complexity index is 996. The molecule has 0 unspecified atom stereocenters. The van der Waals surface area contributed by atoms with Crippen LogP contribution < -0.4 is 10.1 Å². The summed E-state index contributed by atoms with van der Waals surface area (Å²) in [6, 6.07) is 18.9. The molecule has 0 saturated heterocycles. The molecular weight excluding hydrogens is 425 g/mol. The Balaban J connectivity index is 1.32. The molecule has 6 nitrogen and oxygen atoms in total. The van der Waals surface area contributed by atoms with Crippen LogP contribution in [0.4, 0.5) is 4.39 Å². The molecule has 0 heterocycles. The Morgan fingerprint density at radius 2 is 1.73 bits per heavy atom. The first kappa shape index (κ1) is 24.7. The molecule has 0 bridgehead atoms. The summed E-state index contributed by atoms with van der Waals surface area (Å²) in [4.78, 5) is 0. The summed E-state index contributed by atoms with van der Waals surface area (Å²) in [7, 11) is 0. The molecule has 0 saturated carbocycles. The van der Waals surface area contributed by atoms with Gasteiger partial charge in [-0.2, -0.15) is 0 Å². The van der Waals surface area contributed by atoms with E-state index in [0.717, 1.165) is 23.3 Å². The van der Waals surface area contributed by atoms with Crippen molar-refractivity contribution in [1.82, 2.24) is 5.32 Å². The van der Waals surface area contributed by atoms with Gasteiger partial charge in [0.1, 0.15) is 23.9 Å². The van der Waals surface area contributed by atoms with Crippen molar-refractivity contribution in [3.63, 3.8) is 0 Å². The third kappa shape index (κ3) is 7.83. The number of hydrogen-bond donors (Lipinski definition) is 4. The summed E-state index contributed by atoms with van der Waals surface area (Å²) in [5, 5.41) is 32.8. The zero-order valence-electron chi connectivity index (χ0n) is 18.4. The van der Waals surface area contributed by atoms with Gasteiger partial charge in [0.2, 0.25) is 0 Å². The van der Waals surface area contributed by atoms with Crippen LogP contribution in [-0.2, 0) is 24.4 Å². The van der Waals surface area contributed by atoms with Crippen LogP contribution in [0.1, 0.15) is 28.4 Å². The number of nitrogens with one attached hydrogen (secondary N) is 1. The summed E-state index contributed by atoms with van der Waals surface area (Å²) in [6.45, 7) is 1.80. The van der Waals surface area contributed by atoms with E-state index in [1.165, 1.54) is 18.2 Å². The Hall–Kier alpha value is -2.97. The van der Waals surface area contributed by atoms with Gasteiger partial charge in [-0.05, 0) is 60.0 Å². The van der Waals surface area contributed by atoms with Crippen LogP contribution in [0.5, 0.6) is 11.5 Å². The third-order valence-electron chi connectivity index (χ3n) is 5.21. The molecule has 4 N–H and O–H groups in total. The molecule has 0 fully saturated rings. The van der Waals surface area contributed by atoms with Crippen LogP contribution >= 0.6 is 0 Å². The van der Waals surface area contributed by atoms with E-state index in [1.807, 2.05) is 30.3 Å². The van der Waals surface area contributed by atoms with E-state index in [9.17, 15) is 19.7 Å². The molecule has 0 aliphatic carbocycles. The highest BCUT2D eigenvalue weighted by molar-refractivity contribution is 5.40. The lowest BCUT2D eigenvalue weighted by Gasteiger charge is -2.16. The van der Waals surface area contributed by atoms with Crippen LogP contribution in [0.15, 0.2) is 66.7 Å². The third-order valence-corrected chi connectivity index (χ3v) is 5.21. The Labute approximate surface area is 193 Å². The zero-order valence-corrected chi connectivity index (χ0v) is 18.4. The SMILES string of the molecule is OCc1c(O)cccc1[C@@H](O)CNCCc1ccc(OCCOCc2cccc(F)c2)cc1. The number of ether oxygens (including phenoxy) is 2. The number of rotatable bonds is 13.